The molecule has 0 atom stereocenters. The quantitative estimate of drug-likeness (QED) is 0.796. The Morgan fingerprint density at radius 3 is 2.86 bits per heavy atom. The molecule has 1 fully saturated rings. The standard InChI is InChI=1S/C12H17NS/c1-13-9-8-10-4-2-3-5-12(10)14-11-6-7-11/h2-5,11,13H,6-9H2,1H3. The summed E-state index contributed by atoms with van der Waals surface area (Å²) in [6.07, 6.45) is 3.96. The lowest BCUT2D eigenvalue weighted by atomic mass is 10.1. The van der Waals surface area contributed by atoms with E-state index in [1.54, 1.807) is 0 Å². The molecule has 0 heterocycles. The molecule has 0 spiro atoms. The number of likely N-dealkylation sites (N-methyl/N-ethyl adjacent to an activating group) is 1. The highest BCUT2D eigenvalue weighted by Gasteiger charge is 2.23. The van der Waals surface area contributed by atoms with Gasteiger partial charge in [0, 0.05) is 10.1 Å². The molecule has 1 nitrogen and oxygen atoms in total. The SMILES string of the molecule is CNCCc1ccccc1SC1CC1. The van der Waals surface area contributed by atoms with E-state index in [2.05, 4.69) is 41.3 Å². The molecule has 0 saturated heterocycles. The second-order valence-electron chi connectivity index (χ2n) is 3.78. The van der Waals surface area contributed by atoms with Crippen molar-refractivity contribution >= 4 is 11.8 Å². The van der Waals surface area contributed by atoms with Crippen LogP contribution in [0.25, 0.3) is 0 Å². The zero-order valence-electron chi connectivity index (χ0n) is 8.62. The lowest BCUT2D eigenvalue weighted by molar-refractivity contribution is 0.783. The van der Waals surface area contributed by atoms with E-state index >= 15 is 0 Å². The van der Waals surface area contributed by atoms with Crippen molar-refractivity contribution in [3.05, 3.63) is 29.8 Å². The third-order valence-electron chi connectivity index (χ3n) is 2.43. The predicted octanol–water partition coefficient (Wildman–Crippen LogP) is 2.70. The van der Waals surface area contributed by atoms with Gasteiger partial charge >= 0.3 is 0 Å². The van der Waals surface area contributed by atoms with E-state index in [9.17, 15) is 0 Å². The van der Waals surface area contributed by atoms with Gasteiger partial charge < -0.3 is 5.32 Å². The largest absolute Gasteiger partial charge is 0.319 e. The van der Waals surface area contributed by atoms with Crippen LogP contribution in [0.15, 0.2) is 29.2 Å². The highest BCUT2D eigenvalue weighted by atomic mass is 32.2. The van der Waals surface area contributed by atoms with E-state index in [0.29, 0.717) is 0 Å². The Bertz CT molecular complexity index is 294. The molecule has 2 rings (SSSR count). The summed E-state index contributed by atoms with van der Waals surface area (Å²) in [6, 6.07) is 8.80. The van der Waals surface area contributed by atoms with Crippen molar-refractivity contribution in [2.45, 2.75) is 29.4 Å². The summed E-state index contributed by atoms with van der Waals surface area (Å²) in [5, 5.41) is 4.11. The van der Waals surface area contributed by atoms with Crippen molar-refractivity contribution in [2.75, 3.05) is 13.6 Å². The smallest absolute Gasteiger partial charge is 0.0107 e. The number of nitrogens with one attached hydrogen (secondary N) is 1. The van der Waals surface area contributed by atoms with Crippen LogP contribution < -0.4 is 5.32 Å². The van der Waals surface area contributed by atoms with Gasteiger partial charge in [0.15, 0.2) is 0 Å². The van der Waals surface area contributed by atoms with Crippen LogP contribution in [0.1, 0.15) is 18.4 Å². The first-order valence-corrected chi connectivity index (χ1v) is 6.17. The minimum absolute atomic E-state index is 0.908. The Morgan fingerprint density at radius 2 is 2.14 bits per heavy atom. The Hall–Kier alpha value is -0.470. The summed E-state index contributed by atoms with van der Waals surface area (Å²) in [4.78, 5) is 1.49. The van der Waals surface area contributed by atoms with Gasteiger partial charge in [-0.25, -0.2) is 0 Å². The molecule has 1 aromatic carbocycles. The molecule has 0 radical (unpaired) electrons. The molecule has 14 heavy (non-hydrogen) atoms. The van der Waals surface area contributed by atoms with Gasteiger partial charge in [0.2, 0.25) is 0 Å². The summed E-state index contributed by atoms with van der Waals surface area (Å²) >= 11 is 2.06. The maximum atomic E-state index is 3.20. The van der Waals surface area contributed by atoms with Crippen molar-refractivity contribution in [3.8, 4) is 0 Å². The summed E-state index contributed by atoms with van der Waals surface area (Å²) < 4.78 is 0. The molecular formula is C12H17NS. The third-order valence-corrected chi connectivity index (χ3v) is 3.89. The molecule has 2 heteroatoms. The van der Waals surface area contributed by atoms with Crippen molar-refractivity contribution < 1.29 is 0 Å². The highest BCUT2D eigenvalue weighted by molar-refractivity contribution is 8.00. The van der Waals surface area contributed by atoms with E-state index in [1.165, 1.54) is 23.3 Å². The van der Waals surface area contributed by atoms with Crippen molar-refractivity contribution in [3.63, 3.8) is 0 Å². The van der Waals surface area contributed by atoms with Crippen LogP contribution in [0.3, 0.4) is 0 Å². The van der Waals surface area contributed by atoms with Gasteiger partial charge in [0.25, 0.3) is 0 Å². The number of hydrogen-bond donors (Lipinski definition) is 1. The Kier molecular flexibility index (Phi) is 3.49. The van der Waals surface area contributed by atoms with Crippen LogP contribution in [-0.4, -0.2) is 18.8 Å². The van der Waals surface area contributed by atoms with Gasteiger partial charge in [-0.2, -0.15) is 0 Å². The lowest BCUT2D eigenvalue weighted by Crippen LogP contribution is -2.10. The first-order chi connectivity index (χ1) is 6.90. The molecular weight excluding hydrogens is 190 g/mol. The molecule has 0 aliphatic heterocycles. The van der Waals surface area contributed by atoms with E-state index in [4.69, 9.17) is 0 Å². The topological polar surface area (TPSA) is 12.0 Å². The Balaban J connectivity index is 2.02. The van der Waals surface area contributed by atoms with Gasteiger partial charge in [-0.15, -0.1) is 11.8 Å². The predicted molar refractivity (Wildman–Crippen MR) is 63.0 cm³/mol. The van der Waals surface area contributed by atoms with Crippen LogP contribution in [0, 0.1) is 0 Å². The maximum Gasteiger partial charge on any atom is 0.0107 e. The molecule has 0 bridgehead atoms. The number of hydrogen-bond acceptors (Lipinski definition) is 2. The van der Waals surface area contributed by atoms with Gasteiger partial charge in [-0.05, 0) is 44.5 Å². The van der Waals surface area contributed by atoms with Gasteiger partial charge in [-0.3, -0.25) is 0 Å². The van der Waals surface area contributed by atoms with Crippen molar-refractivity contribution in [2.24, 2.45) is 0 Å². The van der Waals surface area contributed by atoms with Gasteiger partial charge in [0.1, 0.15) is 0 Å². The average molecular weight is 207 g/mol. The molecule has 1 saturated carbocycles. The van der Waals surface area contributed by atoms with E-state index in [-0.39, 0.29) is 0 Å². The molecule has 76 valence electrons. The van der Waals surface area contributed by atoms with Crippen LogP contribution in [0.5, 0.6) is 0 Å². The fraction of sp³-hybridized carbons (Fsp3) is 0.500. The number of thioether (sulfide) groups is 1. The summed E-state index contributed by atoms with van der Waals surface area (Å²) in [6.45, 7) is 1.07. The van der Waals surface area contributed by atoms with Crippen LogP contribution in [0.4, 0.5) is 0 Å². The Morgan fingerprint density at radius 1 is 1.36 bits per heavy atom. The van der Waals surface area contributed by atoms with E-state index < -0.39 is 0 Å². The minimum Gasteiger partial charge on any atom is -0.319 e. The van der Waals surface area contributed by atoms with Crippen LogP contribution in [0.2, 0.25) is 0 Å². The van der Waals surface area contributed by atoms with Gasteiger partial charge in [0.05, 0.1) is 0 Å². The Labute approximate surface area is 90.3 Å². The van der Waals surface area contributed by atoms with E-state index in [0.717, 1.165) is 18.2 Å². The molecule has 1 aromatic rings. The number of rotatable bonds is 5. The van der Waals surface area contributed by atoms with Gasteiger partial charge in [-0.1, -0.05) is 18.2 Å². The summed E-state index contributed by atoms with van der Waals surface area (Å²) in [7, 11) is 2.01. The first-order valence-electron chi connectivity index (χ1n) is 5.29. The first kappa shape index (κ1) is 10.1. The van der Waals surface area contributed by atoms with Crippen molar-refractivity contribution in [1.29, 1.82) is 0 Å². The van der Waals surface area contributed by atoms with Crippen LogP contribution in [-0.2, 0) is 6.42 Å². The summed E-state index contributed by atoms with van der Waals surface area (Å²) in [5.74, 6) is 0. The molecule has 0 amide bonds. The van der Waals surface area contributed by atoms with Crippen LogP contribution >= 0.6 is 11.8 Å². The molecule has 1 aliphatic rings. The maximum absolute atomic E-state index is 3.20. The molecule has 1 N–H and O–H groups in total. The highest BCUT2D eigenvalue weighted by Crippen LogP contribution is 2.40. The fourth-order valence-corrected chi connectivity index (χ4v) is 2.66. The molecule has 0 aromatic heterocycles. The summed E-state index contributed by atoms with van der Waals surface area (Å²) in [5.41, 5.74) is 1.50. The zero-order chi connectivity index (χ0) is 9.80. The van der Waals surface area contributed by atoms with Crippen molar-refractivity contribution in [1.82, 2.24) is 5.32 Å². The fourth-order valence-electron chi connectivity index (χ4n) is 1.45. The average Bonchev–Trinajstić information content (AvgIpc) is 3.01. The minimum atomic E-state index is 0.908. The second-order valence-corrected chi connectivity index (χ2v) is 5.12. The monoisotopic (exact) mass is 207 g/mol. The lowest BCUT2D eigenvalue weighted by Gasteiger charge is -2.07. The van der Waals surface area contributed by atoms with E-state index in [1.807, 2.05) is 7.05 Å². The third kappa shape index (κ3) is 2.76. The molecule has 1 aliphatic carbocycles. The zero-order valence-corrected chi connectivity index (χ0v) is 9.44. The second kappa shape index (κ2) is 4.85. The normalized spacial score (nSPS) is 15.8. The number of benzene rings is 1. The molecule has 0 unspecified atom stereocenters.